The van der Waals surface area contributed by atoms with Gasteiger partial charge in [-0.1, -0.05) is 29.8 Å². The van der Waals surface area contributed by atoms with Gasteiger partial charge in [0.1, 0.15) is 11.8 Å². The van der Waals surface area contributed by atoms with E-state index in [1.165, 1.54) is 12.1 Å². The van der Waals surface area contributed by atoms with Crippen LogP contribution in [-0.2, 0) is 26.0 Å². The van der Waals surface area contributed by atoms with Crippen LogP contribution in [-0.4, -0.2) is 32.1 Å². The third kappa shape index (κ3) is 5.30. The summed E-state index contributed by atoms with van der Waals surface area (Å²) in [5.41, 5.74) is 2.90. The van der Waals surface area contributed by atoms with Crippen LogP contribution < -0.4 is 4.72 Å². The summed E-state index contributed by atoms with van der Waals surface area (Å²) >= 11 is 0. The molecule has 27 heavy (non-hydrogen) atoms. The lowest BCUT2D eigenvalue weighted by Crippen LogP contribution is -2.43. The van der Waals surface area contributed by atoms with Crippen LogP contribution in [0.5, 0.6) is 5.75 Å². The number of sulfonamides is 1. The maximum absolute atomic E-state index is 13.0. The van der Waals surface area contributed by atoms with E-state index < -0.39 is 22.0 Å². The Kier molecular flexibility index (Phi) is 6.62. The van der Waals surface area contributed by atoms with Gasteiger partial charge in [-0.15, -0.1) is 0 Å². The summed E-state index contributed by atoms with van der Waals surface area (Å²) in [5.74, 6) is -0.547. The van der Waals surface area contributed by atoms with Gasteiger partial charge in [0.25, 0.3) is 0 Å². The quantitative estimate of drug-likeness (QED) is 0.708. The van der Waals surface area contributed by atoms with Crippen molar-refractivity contribution in [2.75, 3.05) is 6.61 Å². The van der Waals surface area contributed by atoms with E-state index in [9.17, 15) is 18.3 Å². The molecule has 0 fully saturated rings. The van der Waals surface area contributed by atoms with Gasteiger partial charge >= 0.3 is 5.97 Å². The van der Waals surface area contributed by atoms with Crippen LogP contribution in [0.2, 0.25) is 0 Å². The molecule has 0 aliphatic heterocycles. The van der Waals surface area contributed by atoms with E-state index in [0.29, 0.717) is 16.7 Å². The van der Waals surface area contributed by atoms with E-state index in [1.54, 1.807) is 45.0 Å². The Morgan fingerprint density at radius 2 is 1.67 bits per heavy atom. The molecule has 0 aliphatic carbocycles. The summed E-state index contributed by atoms with van der Waals surface area (Å²) in [6, 6.07) is 8.76. The molecule has 0 amide bonds. The third-order valence-electron chi connectivity index (χ3n) is 4.12. The molecule has 0 aliphatic rings. The van der Waals surface area contributed by atoms with E-state index >= 15 is 0 Å². The smallest absolute Gasteiger partial charge is 0.324 e. The lowest BCUT2D eigenvalue weighted by atomic mass is 10.1. The average molecular weight is 391 g/mol. The van der Waals surface area contributed by atoms with Crippen LogP contribution in [0.1, 0.15) is 29.2 Å². The number of hydrogen-bond donors (Lipinski definition) is 2. The Hall–Kier alpha value is -2.38. The first-order chi connectivity index (χ1) is 12.6. The zero-order valence-electron chi connectivity index (χ0n) is 15.9. The minimum atomic E-state index is -3.93. The average Bonchev–Trinajstić information content (AvgIpc) is 2.55. The largest absolute Gasteiger partial charge is 0.508 e. The lowest BCUT2D eigenvalue weighted by molar-refractivity contribution is -0.145. The van der Waals surface area contributed by atoms with Gasteiger partial charge in [-0.3, -0.25) is 4.79 Å². The minimum absolute atomic E-state index is 0.0953. The summed E-state index contributed by atoms with van der Waals surface area (Å²) in [5, 5.41) is 9.40. The fourth-order valence-electron chi connectivity index (χ4n) is 3.12. The van der Waals surface area contributed by atoms with Gasteiger partial charge in [0.15, 0.2) is 0 Å². The number of phenolic OH excluding ortho intramolecular Hbond substituents is 1. The molecular weight excluding hydrogens is 366 g/mol. The number of hydrogen-bond acceptors (Lipinski definition) is 5. The summed E-state index contributed by atoms with van der Waals surface area (Å²) in [6.45, 7) is 7.17. The molecule has 0 aromatic heterocycles. The highest BCUT2D eigenvalue weighted by molar-refractivity contribution is 7.89. The van der Waals surface area contributed by atoms with Gasteiger partial charge in [0.05, 0.1) is 11.5 Å². The van der Waals surface area contributed by atoms with E-state index in [2.05, 4.69) is 4.72 Å². The van der Waals surface area contributed by atoms with Crippen molar-refractivity contribution >= 4 is 16.0 Å². The van der Waals surface area contributed by atoms with Crippen LogP contribution in [0, 0.1) is 20.8 Å². The molecule has 0 radical (unpaired) electrons. The number of aryl methyl sites for hydroxylation is 3. The first-order valence-electron chi connectivity index (χ1n) is 8.68. The highest BCUT2D eigenvalue weighted by Gasteiger charge is 2.29. The maximum Gasteiger partial charge on any atom is 0.324 e. The first kappa shape index (κ1) is 20.9. The molecule has 0 heterocycles. The Morgan fingerprint density at radius 3 is 2.19 bits per heavy atom. The van der Waals surface area contributed by atoms with Crippen molar-refractivity contribution in [2.45, 2.75) is 45.1 Å². The highest BCUT2D eigenvalue weighted by atomic mass is 32.2. The fraction of sp³-hybridized carbons (Fsp3) is 0.350. The summed E-state index contributed by atoms with van der Waals surface area (Å²) in [7, 11) is -3.93. The number of aromatic hydroxyl groups is 1. The van der Waals surface area contributed by atoms with Crippen molar-refractivity contribution in [1.82, 2.24) is 4.72 Å². The molecule has 6 nitrogen and oxygen atoms in total. The van der Waals surface area contributed by atoms with E-state index in [4.69, 9.17) is 4.74 Å². The van der Waals surface area contributed by atoms with Crippen LogP contribution in [0.3, 0.4) is 0 Å². The van der Waals surface area contributed by atoms with Crippen molar-refractivity contribution in [3.8, 4) is 5.75 Å². The molecule has 0 saturated carbocycles. The Balaban J connectivity index is 2.36. The molecular formula is C20H25NO5S. The second kappa shape index (κ2) is 8.54. The Bertz CT molecular complexity index is 897. The zero-order chi connectivity index (χ0) is 20.2. The molecule has 0 saturated heterocycles. The van der Waals surface area contributed by atoms with Crippen LogP contribution in [0.25, 0.3) is 0 Å². The molecule has 2 aromatic rings. The van der Waals surface area contributed by atoms with Gasteiger partial charge < -0.3 is 9.84 Å². The summed E-state index contributed by atoms with van der Waals surface area (Å²) in [4.78, 5) is 12.5. The van der Waals surface area contributed by atoms with Crippen molar-refractivity contribution in [1.29, 1.82) is 0 Å². The van der Waals surface area contributed by atoms with Crippen molar-refractivity contribution in [3.05, 3.63) is 58.7 Å². The number of phenols is 1. The number of ether oxygens (including phenoxy) is 1. The number of esters is 1. The highest BCUT2D eigenvalue weighted by Crippen LogP contribution is 2.22. The summed E-state index contributed by atoms with van der Waals surface area (Å²) in [6.07, 6.45) is 0.113. The molecule has 0 bridgehead atoms. The van der Waals surface area contributed by atoms with Gasteiger partial charge in [-0.05, 0) is 62.9 Å². The Labute approximate surface area is 160 Å². The standard InChI is InChI=1S/C20H25NO5S/c1-5-26-20(23)18(12-16-6-8-17(22)9-7-16)21-27(24,25)19-14(3)10-13(2)11-15(19)4/h6-11,18,21-22H,5,12H2,1-4H3. The molecule has 2 rings (SSSR count). The number of carbonyl (C=O) groups excluding carboxylic acids is 1. The SMILES string of the molecule is CCOC(=O)C(Cc1ccc(O)cc1)NS(=O)(=O)c1c(C)cc(C)cc1C. The van der Waals surface area contributed by atoms with Gasteiger partial charge in [0, 0.05) is 0 Å². The number of rotatable bonds is 7. The number of carbonyl (C=O) groups is 1. The molecule has 1 atom stereocenters. The summed E-state index contributed by atoms with van der Waals surface area (Å²) < 4.78 is 33.5. The van der Waals surface area contributed by atoms with Gasteiger partial charge in [0.2, 0.25) is 10.0 Å². The predicted molar refractivity (Wildman–Crippen MR) is 103 cm³/mol. The molecule has 1 unspecified atom stereocenters. The molecule has 7 heteroatoms. The number of benzene rings is 2. The predicted octanol–water partition coefficient (Wildman–Crippen LogP) is 2.77. The third-order valence-corrected chi connectivity index (χ3v) is 5.89. The maximum atomic E-state index is 13.0. The lowest BCUT2D eigenvalue weighted by Gasteiger charge is -2.19. The van der Waals surface area contributed by atoms with Crippen molar-refractivity contribution in [2.24, 2.45) is 0 Å². The van der Waals surface area contributed by atoms with Crippen molar-refractivity contribution in [3.63, 3.8) is 0 Å². The zero-order valence-corrected chi connectivity index (χ0v) is 16.8. The monoisotopic (exact) mass is 391 g/mol. The van der Waals surface area contributed by atoms with Crippen molar-refractivity contribution < 1.29 is 23.1 Å². The van der Waals surface area contributed by atoms with Crippen LogP contribution in [0.15, 0.2) is 41.3 Å². The molecule has 146 valence electrons. The van der Waals surface area contributed by atoms with Gasteiger partial charge in [-0.25, -0.2) is 8.42 Å². The fourth-order valence-corrected chi connectivity index (χ4v) is 4.76. The van der Waals surface area contributed by atoms with E-state index in [-0.39, 0.29) is 23.7 Å². The molecule has 2 aromatic carbocycles. The van der Waals surface area contributed by atoms with Crippen LogP contribution >= 0.6 is 0 Å². The Morgan fingerprint density at radius 1 is 1.11 bits per heavy atom. The number of nitrogens with one attached hydrogen (secondary N) is 1. The molecule has 2 N–H and O–H groups in total. The topological polar surface area (TPSA) is 92.7 Å². The van der Waals surface area contributed by atoms with Crippen LogP contribution in [0.4, 0.5) is 0 Å². The minimum Gasteiger partial charge on any atom is -0.508 e. The molecule has 0 spiro atoms. The second-order valence-electron chi connectivity index (χ2n) is 6.52. The van der Waals surface area contributed by atoms with E-state index in [1.807, 2.05) is 6.92 Å². The van der Waals surface area contributed by atoms with E-state index in [0.717, 1.165) is 5.56 Å². The normalized spacial score (nSPS) is 12.6. The second-order valence-corrected chi connectivity index (χ2v) is 8.18. The first-order valence-corrected chi connectivity index (χ1v) is 10.2. The van der Waals surface area contributed by atoms with Gasteiger partial charge in [-0.2, -0.15) is 4.72 Å².